The van der Waals surface area contributed by atoms with Crippen molar-refractivity contribution >= 4 is 34.7 Å². The summed E-state index contributed by atoms with van der Waals surface area (Å²) in [5.74, 6) is 0.339. The molecule has 1 aromatic carbocycles. The van der Waals surface area contributed by atoms with Crippen LogP contribution in [0.25, 0.3) is 16.8 Å². The van der Waals surface area contributed by atoms with Crippen LogP contribution in [-0.4, -0.2) is 37.9 Å². The van der Waals surface area contributed by atoms with Gasteiger partial charge in [-0.2, -0.15) is 4.98 Å². The summed E-state index contributed by atoms with van der Waals surface area (Å²) in [6, 6.07) is 13.7. The first-order valence-corrected chi connectivity index (χ1v) is 11.3. The summed E-state index contributed by atoms with van der Waals surface area (Å²) in [6.45, 7) is 1.93. The number of pyridine rings is 1. The number of benzene rings is 1. The summed E-state index contributed by atoms with van der Waals surface area (Å²) in [6.07, 6.45) is 3.44. The average molecular weight is 447 g/mol. The lowest BCUT2D eigenvalue weighted by Crippen LogP contribution is -2.24. The number of thiophene rings is 1. The van der Waals surface area contributed by atoms with Gasteiger partial charge in [-0.1, -0.05) is 24.3 Å². The van der Waals surface area contributed by atoms with Crippen LogP contribution in [0.5, 0.6) is 0 Å². The molecule has 8 nitrogen and oxygen atoms in total. The van der Waals surface area contributed by atoms with Crippen molar-refractivity contribution < 1.29 is 9.59 Å². The van der Waals surface area contributed by atoms with Gasteiger partial charge in [0, 0.05) is 37.8 Å². The van der Waals surface area contributed by atoms with Crippen molar-refractivity contribution in [3.05, 3.63) is 70.0 Å². The minimum absolute atomic E-state index is 0.112. The predicted molar refractivity (Wildman–Crippen MR) is 123 cm³/mol. The standard InChI is InChI=1S/C23H22N6O2S/c24-23-26-20-8-7-17(13-29(20)27-23)18-10-19(32-14-18)22(31)25-11-15-3-5-16(6-4-15)12-28-9-1-2-21(28)30/h3-8,10,13-14H,1-2,9,11-12H2,(H2,24,27)(H,25,31). The zero-order chi connectivity index (χ0) is 22.1. The highest BCUT2D eigenvalue weighted by molar-refractivity contribution is 7.12. The van der Waals surface area contributed by atoms with E-state index in [1.807, 2.05) is 58.9 Å². The molecule has 4 aromatic rings. The maximum absolute atomic E-state index is 12.6. The average Bonchev–Trinajstić information content (AvgIpc) is 3.52. The molecule has 0 bridgehead atoms. The first kappa shape index (κ1) is 20.2. The monoisotopic (exact) mass is 446 g/mol. The highest BCUT2D eigenvalue weighted by atomic mass is 32.1. The molecular formula is C23H22N6O2S. The second-order valence-electron chi connectivity index (χ2n) is 7.81. The number of nitrogen functional groups attached to an aromatic ring is 1. The molecule has 4 heterocycles. The first-order chi connectivity index (χ1) is 15.5. The number of likely N-dealkylation sites (tertiary alicyclic amines) is 1. The lowest BCUT2D eigenvalue weighted by atomic mass is 10.1. The van der Waals surface area contributed by atoms with Gasteiger partial charge in [-0.05, 0) is 46.7 Å². The molecule has 0 radical (unpaired) electrons. The number of fused-ring (bicyclic) bond motifs is 1. The molecular weight excluding hydrogens is 424 g/mol. The maximum atomic E-state index is 12.6. The molecule has 1 saturated heterocycles. The number of hydrogen-bond donors (Lipinski definition) is 2. The Kier molecular flexibility index (Phi) is 5.32. The van der Waals surface area contributed by atoms with E-state index in [2.05, 4.69) is 15.4 Å². The van der Waals surface area contributed by atoms with E-state index in [9.17, 15) is 9.59 Å². The van der Waals surface area contributed by atoms with E-state index in [1.165, 1.54) is 11.3 Å². The Morgan fingerprint density at radius 2 is 1.94 bits per heavy atom. The SMILES string of the molecule is Nc1nc2ccc(-c3csc(C(=O)NCc4ccc(CN5CCCC5=O)cc4)c3)cn2n1. The Hall–Kier alpha value is -3.72. The Labute approximate surface area is 188 Å². The van der Waals surface area contributed by atoms with Crippen molar-refractivity contribution in [1.29, 1.82) is 0 Å². The minimum atomic E-state index is -0.112. The van der Waals surface area contributed by atoms with E-state index in [-0.39, 0.29) is 17.8 Å². The van der Waals surface area contributed by atoms with Crippen LogP contribution in [-0.2, 0) is 17.9 Å². The molecule has 0 saturated carbocycles. The zero-order valence-electron chi connectivity index (χ0n) is 17.3. The minimum Gasteiger partial charge on any atom is -0.366 e. The van der Waals surface area contributed by atoms with Crippen molar-refractivity contribution in [2.75, 3.05) is 12.3 Å². The summed E-state index contributed by atoms with van der Waals surface area (Å²) < 4.78 is 1.63. The number of nitrogens with zero attached hydrogens (tertiary/aromatic N) is 4. The van der Waals surface area contributed by atoms with Crippen molar-refractivity contribution in [1.82, 2.24) is 24.8 Å². The molecule has 9 heteroatoms. The highest BCUT2D eigenvalue weighted by Crippen LogP contribution is 2.26. The van der Waals surface area contributed by atoms with Crippen LogP contribution in [0.15, 0.2) is 54.0 Å². The molecule has 1 fully saturated rings. The maximum Gasteiger partial charge on any atom is 0.261 e. The van der Waals surface area contributed by atoms with E-state index in [0.717, 1.165) is 35.2 Å². The quantitative estimate of drug-likeness (QED) is 0.473. The van der Waals surface area contributed by atoms with Crippen LogP contribution in [0.3, 0.4) is 0 Å². The lowest BCUT2D eigenvalue weighted by Gasteiger charge is -2.15. The largest absolute Gasteiger partial charge is 0.366 e. The highest BCUT2D eigenvalue weighted by Gasteiger charge is 2.19. The van der Waals surface area contributed by atoms with Gasteiger partial charge in [0.05, 0.1) is 4.88 Å². The molecule has 3 aromatic heterocycles. The van der Waals surface area contributed by atoms with Crippen LogP contribution in [0, 0.1) is 0 Å². The van der Waals surface area contributed by atoms with Gasteiger partial charge in [-0.3, -0.25) is 9.59 Å². The number of nitrogens with two attached hydrogens (primary N) is 1. The van der Waals surface area contributed by atoms with Gasteiger partial charge in [0.15, 0.2) is 5.65 Å². The fourth-order valence-electron chi connectivity index (χ4n) is 3.80. The molecule has 162 valence electrons. The van der Waals surface area contributed by atoms with Crippen LogP contribution >= 0.6 is 11.3 Å². The zero-order valence-corrected chi connectivity index (χ0v) is 18.1. The Balaban J connectivity index is 1.20. The van der Waals surface area contributed by atoms with Crippen LogP contribution in [0.4, 0.5) is 5.95 Å². The molecule has 5 rings (SSSR count). The van der Waals surface area contributed by atoms with Gasteiger partial charge in [0.1, 0.15) is 0 Å². The smallest absolute Gasteiger partial charge is 0.261 e. The first-order valence-electron chi connectivity index (χ1n) is 10.4. The molecule has 1 aliphatic rings. The van der Waals surface area contributed by atoms with E-state index >= 15 is 0 Å². The number of anilines is 1. The van der Waals surface area contributed by atoms with Crippen LogP contribution in [0.1, 0.15) is 33.6 Å². The summed E-state index contributed by atoms with van der Waals surface area (Å²) in [5, 5.41) is 9.06. The fourth-order valence-corrected chi connectivity index (χ4v) is 4.63. The predicted octanol–water partition coefficient (Wildman–Crippen LogP) is 3.09. The Morgan fingerprint density at radius 3 is 2.72 bits per heavy atom. The molecule has 0 atom stereocenters. The number of amides is 2. The molecule has 2 amide bonds. The topological polar surface area (TPSA) is 106 Å². The van der Waals surface area contributed by atoms with Crippen molar-refractivity contribution in [3.8, 4) is 11.1 Å². The van der Waals surface area contributed by atoms with E-state index in [1.54, 1.807) is 4.52 Å². The number of aromatic nitrogens is 3. The third-order valence-corrected chi connectivity index (χ3v) is 6.45. The number of rotatable bonds is 6. The summed E-state index contributed by atoms with van der Waals surface area (Å²) in [7, 11) is 0. The third-order valence-electron chi connectivity index (χ3n) is 5.52. The van der Waals surface area contributed by atoms with E-state index in [4.69, 9.17) is 5.73 Å². The van der Waals surface area contributed by atoms with E-state index < -0.39 is 0 Å². The van der Waals surface area contributed by atoms with Gasteiger partial charge in [0.2, 0.25) is 11.9 Å². The molecule has 3 N–H and O–H groups in total. The van der Waals surface area contributed by atoms with Gasteiger partial charge < -0.3 is 16.0 Å². The lowest BCUT2D eigenvalue weighted by molar-refractivity contribution is -0.128. The molecule has 32 heavy (non-hydrogen) atoms. The van der Waals surface area contributed by atoms with Gasteiger partial charge in [-0.15, -0.1) is 16.4 Å². The molecule has 0 spiro atoms. The number of carbonyl (C=O) groups is 2. The van der Waals surface area contributed by atoms with Gasteiger partial charge in [-0.25, -0.2) is 4.52 Å². The summed E-state index contributed by atoms with van der Waals surface area (Å²) in [4.78, 5) is 31.0. The number of nitrogens with one attached hydrogen (secondary N) is 1. The van der Waals surface area contributed by atoms with Gasteiger partial charge >= 0.3 is 0 Å². The second kappa shape index (κ2) is 8.43. The Morgan fingerprint density at radius 1 is 1.12 bits per heavy atom. The fraction of sp³-hybridized carbons (Fsp3) is 0.217. The van der Waals surface area contributed by atoms with Gasteiger partial charge in [0.25, 0.3) is 5.91 Å². The molecule has 0 unspecified atom stereocenters. The van der Waals surface area contributed by atoms with Crippen molar-refractivity contribution in [2.24, 2.45) is 0 Å². The number of hydrogen-bond acceptors (Lipinski definition) is 6. The Bertz CT molecular complexity index is 1290. The molecule has 0 aliphatic carbocycles. The third kappa shape index (κ3) is 4.19. The normalized spacial score (nSPS) is 13.8. The van der Waals surface area contributed by atoms with Crippen LogP contribution in [0.2, 0.25) is 0 Å². The summed E-state index contributed by atoms with van der Waals surface area (Å²) in [5.41, 5.74) is 10.3. The van der Waals surface area contributed by atoms with Crippen molar-refractivity contribution in [3.63, 3.8) is 0 Å². The van der Waals surface area contributed by atoms with E-state index in [0.29, 0.717) is 30.0 Å². The number of carbonyl (C=O) groups excluding carboxylic acids is 2. The van der Waals surface area contributed by atoms with Crippen LogP contribution < -0.4 is 11.1 Å². The second-order valence-corrected chi connectivity index (χ2v) is 8.72. The van der Waals surface area contributed by atoms with Crippen molar-refractivity contribution in [2.45, 2.75) is 25.9 Å². The summed E-state index contributed by atoms with van der Waals surface area (Å²) >= 11 is 1.40. The molecule has 1 aliphatic heterocycles.